The Morgan fingerprint density at radius 2 is 1.84 bits per heavy atom. The molecule has 0 spiro atoms. The van der Waals surface area contributed by atoms with Crippen LogP contribution in [0.4, 0.5) is 0 Å². The van der Waals surface area contributed by atoms with Crippen molar-refractivity contribution in [1.29, 1.82) is 0 Å². The second kappa shape index (κ2) is 7.47. The first kappa shape index (κ1) is 17.2. The third-order valence-corrected chi connectivity index (χ3v) is 4.66. The highest BCUT2D eigenvalue weighted by atomic mass is 16.2. The Balaban J connectivity index is 1.59. The number of benzene rings is 1. The first-order valence-electron chi connectivity index (χ1n) is 8.69. The van der Waals surface area contributed by atoms with E-state index < -0.39 is 5.66 Å². The van der Waals surface area contributed by atoms with Gasteiger partial charge >= 0.3 is 0 Å². The van der Waals surface area contributed by atoms with Crippen molar-refractivity contribution in [1.82, 2.24) is 10.2 Å². The van der Waals surface area contributed by atoms with Crippen molar-refractivity contribution in [2.75, 3.05) is 19.6 Å². The summed E-state index contributed by atoms with van der Waals surface area (Å²) in [6, 6.07) is 6.97. The predicted octanol–water partition coefficient (Wildman–Crippen LogP) is 2.62. The second-order valence-corrected chi connectivity index (χ2v) is 6.44. The Kier molecular flexibility index (Phi) is 5.13. The molecule has 1 aromatic carbocycles. The molecule has 2 aliphatic rings. The van der Waals surface area contributed by atoms with Crippen molar-refractivity contribution in [2.24, 2.45) is 10.2 Å². The molecule has 1 saturated heterocycles. The van der Waals surface area contributed by atoms with E-state index in [0.717, 1.165) is 25.9 Å². The van der Waals surface area contributed by atoms with Gasteiger partial charge in [0.05, 0.1) is 11.1 Å². The molecule has 0 bridgehead atoms. The van der Waals surface area contributed by atoms with Crippen LogP contribution in [0.1, 0.15) is 52.8 Å². The molecule has 3 rings (SSSR count). The van der Waals surface area contributed by atoms with Crippen LogP contribution in [0.25, 0.3) is 0 Å². The lowest BCUT2D eigenvalue weighted by molar-refractivity contribution is 0.0785. The SMILES string of the molecule is C#CCCC1(CCNC(=O)c2ccccc2C(=O)N2CCCC2)N=N1. The third kappa shape index (κ3) is 4.05. The van der Waals surface area contributed by atoms with Crippen LogP contribution in [0, 0.1) is 12.3 Å². The average molecular weight is 338 g/mol. The number of nitrogens with one attached hydrogen (secondary N) is 1. The molecule has 2 heterocycles. The van der Waals surface area contributed by atoms with E-state index in [1.165, 1.54) is 0 Å². The molecule has 6 heteroatoms. The number of hydrogen-bond donors (Lipinski definition) is 1. The summed E-state index contributed by atoms with van der Waals surface area (Å²) in [5.41, 5.74) is 0.469. The standard InChI is InChI=1S/C19H22N4O2/c1-2-3-10-19(21-22-19)11-12-20-17(24)15-8-4-5-9-16(15)18(25)23-13-6-7-14-23/h1,4-5,8-9H,3,6-7,10-14H2,(H,20,24). The Morgan fingerprint density at radius 3 is 2.48 bits per heavy atom. The van der Waals surface area contributed by atoms with Gasteiger partial charge in [-0.2, -0.15) is 10.2 Å². The zero-order chi connectivity index (χ0) is 17.7. The summed E-state index contributed by atoms with van der Waals surface area (Å²) >= 11 is 0. The third-order valence-electron chi connectivity index (χ3n) is 4.66. The summed E-state index contributed by atoms with van der Waals surface area (Å²) in [5, 5.41) is 11.0. The van der Waals surface area contributed by atoms with Gasteiger partial charge in [0.2, 0.25) is 0 Å². The molecule has 0 unspecified atom stereocenters. The molecule has 2 aliphatic heterocycles. The van der Waals surface area contributed by atoms with Gasteiger partial charge in [-0.3, -0.25) is 9.59 Å². The van der Waals surface area contributed by atoms with Gasteiger partial charge in [-0.15, -0.1) is 12.3 Å². The number of rotatable bonds is 7. The minimum Gasteiger partial charge on any atom is -0.352 e. The number of terminal acetylenes is 1. The van der Waals surface area contributed by atoms with Gasteiger partial charge in [0.25, 0.3) is 11.8 Å². The van der Waals surface area contributed by atoms with Crippen LogP contribution >= 0.6 is 0 Å². The Hall–Kier alpha value is -2.68. The molecule has 1 N–H and O–H groups in total. The minimum absolute atomic E-state index is 0.0686. The van der Waals surface area contributed by atoms with E-state index in [4.69, 9.17) is 6.42 Å². The van der Waals surface area contributed by atoms with Crippen molar-refractivity contribution >= 4 is 11.8 Å². The highest BCUT2D eigenvalue weighted by Gasteiger charge is 2.38. The molecule has 25 heavy (non-hydrogen) atoms. The molecule has 6 nitrogen and oxygen atoms in total. The first-order valence-corrected chi connectivity index (χ1v) is 8.69. The molecular weight excluding hydrogens is 316 g/mol. The zero-order valence-corrected chi connectivity index (χ0v) is 14.2. The summed E-state index contributed by atoms with van der Waals surface area (Å²) in [6.45, 7) is 1.97. The van der Waals surface area contributed by atoms with E-state index in [2.05, 4.69) is 21.5 Å². The molecule has 130 valence electrons. The molecule has 0 saturated carbocycles. The lowest BCUT2D eigenvalue weighted by Crippen LogP contribution is -2.32. The van der Waals surface area contributed by atoms with E-state index >= 15 is 0 Å². The molecule has 1 fully saturated rings. The highest BCUT2D eigenvalue weighted by molar-refractivity contribution is 6.07. The Bertz CT molecular complexity index is 723. The monoisotopic (exact) mass is 338 g/mol. The van der Waals surface area contributed by atoms with Gasteiger partial charge in [-0.05, 0) is 25.0 Å². The summed E-state index contributed by atoms with van der Waals surface area (Å²) in [7, 11) is 0. The summed E-state index contributed by atoms with van der Waals surface area (Å²) < 4.78 is 0. The van der Waals surface area contributed by atoms with Crippen LogP contribution in [0.15, 0.2) is 34.5 Å². The number of carbonyl (C=O) groups excluding carboxylic acids is 2. The number of likely N-dealkylation sites (tertiary alicyclic amines) is 1. The van der Waals surface area contributed by atoms with E-state index in [-0.39, 0.29) is 11.8 Å². The van der Waals surface area contributed by atoms with Crippen molar-refractivity contribution in [3.05, 3.63) is 35.4 Å². The van der Waals surface area contributed by atoms with Crippen molar-refractivity contribution in [3.63, 3.8) is 0 Å². The quantitative estimate of drug-likeness (QED) is 0.776. The summed E-state index contributed by atoms with van der Waals surface area (Å²) in [4.78, 5) is 27.0. The fourth-order valence-corrected chi connectivity index (χ4v) is 3.10. The molecule has 0 aliphatic carbocycles. The molecule has 0 aromatic heterocycles. The number of carbonyl (C=O) groups is 2. The Labute approximate surface area is 147 Å². The predicted molar refractivity (Wildman–Crippen MR) is 94.2 cm³/mol. The topological polar surface area (TPSA) is 74.1 Å². The first-order chi connectivity index (χ1) is 12.2. The van der Waals surface area contributed by atoms with Crippen LogP contribution in [-0.2, 0) is 0 Å². The smallest absolute Gasteiger partial charge is 0.254 e. The van der Waals surface area contributed by atoms with Gasteiger partial charge in [0.1, 0.15) is 0 Å². The van der Waals surface area contributed by atoms with Crippen LogP contribution in [-0.4, -0.2) is 42.0 Å². The number of amides is 2. The lowest BCUT2D eigenvalue weighted by atomic mass is 10.0. The Morgan fingerprint density at radius 1 is 1.16 bits per heavy atom. The van der Waals surface area contributed by atoms with Crippen molar-refractivity contribution < 1.29 is 9.59 Å². The zero-order valence-electron chi connectivity index (χ0n) is 14.2. The molecular formula is C19H22N4O2. The van der Waals surface area contributed by atoms with Gasteiger partial charge in [-0.1, -0.05) is 12.1 Å². The molecule has 1 aromatic rings. The largest absolute Gasteiger partial charge is 0.352 e. The highest BCUT2D eigenvalue weighted by Crippen LogP contribution is 2.36. The van der Waals surface area contributed by atoms with Crippen molar-refractivity contribution in [2.45, 2.75) is 37.8 Å². The van der Waals surface area contributed by atoms with E-state index in [1.54, 1.807) is 24.3 Å². The fourth-order valence-electron chi connectivity index (χ4n) is 3.10. The molecule has 0 atom stereocenters. The minimum atomic E-state index is -0.412. The fraction of sp³-hybridized carbons (Fsp3) is 0.474. The number of hydrogen-bond acceptors (Lipinski definition) is 4. The maximum Gasteiger partial charge on any atom is 0.254 e. The van der Waals surface area contributed by atoms with E-state index in [0.29, 0.717) is 36.9 Å². The van der Waals surface area contributed by atoms with Gasteiger partial charge in [0, 0.05) is 38.9 Å². The number of nitrogens with zero attached hydrogens (tertiary/aromatic N) is 3. The second-order valence-electron chi connectivity index (χ2n) is 6.44. The van der Waals surface area contributed by atoms with Crippen LogP contribution in [0.3, 0.4) is 0 Å². The van der Waals surface area contributed by atoms with Crippen LogP contribution < -0.4 is 5.32 Å². The average Bonchev–Trinajstić information content (AvgIpc) is 3.18. The van der Waals surface area contributed by atoms with Crippen molar-refractivity contribution in [3.8, 4) is 12.3 Å². The van der Waals surface area contributed by atoms with E-state index in [9.17, 15) is 9.59 Å². The normalized spacial score (nSPS) is 17.2. The van der Waals surface area contributed by atoms with E-state index in [1.807, 2.05) is 4.90 Å². The van der Waals surface area contributed by atoms with Gasteiger partial charge in [0.15, 0.2) is 5.66 Å². The summed E-state index contributed by atoms with van der Waals surface area (Å²) in [5.74, 6) is 2.28. The van der Waals surface area contributed by atoms with Gasteiger partial charge < -0.3 is 10.2 Å². The van der Waals surface area contributed by atoms with Gasteiger partial charge in [-0.25, -0.2) is 0 Å². The molecule has 2 amide bonds. The maximum absolute atomic E-state index is 12.6. The van der Waals surface area contributed by atoms with Crippen LogP contribution in [0.5, 0.6) is 0 Å². The maximum atomic E-state index is 12.6. The molecule has 0 radical (unpaired) electrons. The summed E-state index contributed by atoms with van der Waals surface area (Å²) in [6.07, 6.45) is 9.27. The van der Waals surface area contributed by atoms with Crippen LogP contribution in [0.2, 0.25) is 0 Å². The lowest BCUT2D eigenvalue weighted by Gasteiger charge is -2.17.